The zero-order chi connectivity index (χ0) is 10.9. The van der Waals surface area contributed by atoms with E-state index in [1.54, 1.807) is 0 Å². The minimum Gasteiger partial charge on any atom is -0.265 e. The van der Waals surface area contributed by atoms with Crippen molar-refractivity contribution < 1.29 is 4.21 Å². The summed E-state index contributed by atoms with van der Waals surface area (Å²) in [5, 5.41) is 0.943. The van der Waals surface area contributed by atoms with Gasteiger partial charge in [-0.05, 0) is 13.8 Å². The summed E-state index contributed by atoms with van der Waals surface area (Å²) in [5.41, 5.74) is 0.738. The Morgan fingerprint density at radius 1 is 1.27 bits per heavy atom. The molecule has 0 fully saturated rings. The number of aliphatic imine (C=N–C) groups is 1. The monoisotopic (exact) mass is 237 g/mol. The molecule has 0 unspecified atom stereocenters. The van der Waals surface area contributed by atoms with Gasteiger partial charge in [-0.3, -0.25) is 4.99 Å². The third kappa shape index (κ3) is 2.06. The molecule has 15 heavy (non-hydrogen) atoms. The summed E-state index contributed by atoms with van der Waals surface area (Å²) in [5.74, 6) is 0. The van der Waals surface area contributed by atoms with Gasteiger partial charge in [-0.1, -0.05) is 42.1 Å². The quantitative estimate of drug-likeness (QED) is 0.701. The second kappa shape index (κ2) is 3.94. The van der Waals surface area contributed by atoms with Gasteiger partial charge < -0.3 is 0 Å². The molecule has 4 heteroatoms. The Hall–Kier alpha value is -0.870. The average molecular weight is 237 g/mol. The van der Waals surface area contributed by atoms with E-state index in [0.29, 0.717) is 11.3 Å². The van der Waals surface area contributed by atoms with Crippen molar-refractivity contribution in [3.63, 3.8) is 0 Å². The Morgan fingerprint density at radius 3 is 2.47 bits per heavy atom. The molecular formula is C11H11NOS2. The largest absolute Gasteiger partial charge is 0.265 e. The van der Waals surface area contributed by atoms with E-state index in [0.717, 1.165) is 14.8 Å². The lowest BCUT2D eigenvalue weighted by Crippen LogP contribution is -2.22. The van der Waals surface area contributed by atoms with Gasteiger partial charge in [0, 0.05) is 5.56 Å². The second-order valence-corrected chi connectivity index (χ2v) is 5.65. The van der Waals surface area contributed by atoms with Gasteiger partial charge in [0.1, 0.15) is 26.0 Å². The fourth-order valence-corrected chi connectivity index (χ4v) is 2.98. The van der Waals surface area contributed by atoms with Crippen LogP contribution in [-0.2, 0) is 11.3 Å². The maximum Gasteiger partial charge on any atom is 0.111 e. The van der Waals surface area contributed by atoms with Crippen molar-refractivity contribution in [2.75, 3.05) is 0 Å². The van der Waals surface area contributed by atoms with Crippen LogP contribution < -0.4 is 0 Å². The molecule has 1 aliphatic heterocycles. The fourth-order valence-electron chi connectivity index (χ4n) is 1.36. The van der Waals surface area contributed by atoms with Gasteiger partial charge in [0.15, 0.2) is 0 Å². The maximum atomic E-state index is 10.9. The van der Waals surface area contributed by atoms with Crippen LogP contribution in [0.25, 0.3) is 0 Å². The lowest BCUT2D eigenvalue weighted by atomic mass is 10.1. The molecular weight excluding hydrogens is 226 g/mol. The number of benzene rings is 1. The molecule has 0 atom stereocenters. The van der Waals surface area contributed by atoms with Crippen LogP contribution >= 0.6 is 11.8 Å². The standard InChI is InChI=1S/C11H11NOS2/c1-11(2)10(15-13)14-9(12-11)8-6-4-3-5-7-8/h3-7H,1-2H3. The van der Waals surface area contributed by atoms with Gasteiger partial charge in [0.05, 0.1) is 0 Å². The number of hydrogen-bond acceptors (Lipinski definition) is 3. The van der Waals surface area contributed by atoms with Crippen LogP contribution in [0, 0.1) is 0 Å². The Labute approximate surface area is 96.9 Å². The highest BCUT2D eigenvalue weighted by molar-refractivity contribution is 8.32. The van der Waals surface area contributed by atoms with Crippen LogP contribution in [0.2, 0.25) is 0 Å². The first-order chi connectivity index (χ1) is 7.13. The Kier molecular flexibility index (Phi) is 2.80. The Morgan fingerprint density at radius 2 is 1.93 bits per heavy atom. The third-order valence-electron chi connectivity index (χ3n) is 2.17. The van der Waals surface area contributed by atoms with E-state index in [-0.39, 0.29) is 5.54 Å². The highest BCUT2D eigenvalue weighted by atomic mass is 32.2. The minimum atomic E-state index is -0.345. The molecule has 1 heterocycles. The van der Waals surface area contributed by atoms with Gasteiger partial charge in [-0.2, -0.15) is 0 Å². The van der Waals surface area contributed by atoms with E-state index in [1.807, 2.05) is 44.2 Å². The lowest BCUT2D eigenvalue weighted by Gasteiger charge is -2.10. The first-order valence-electron chi connectivity index (χ1n) is 4.64. The van der Waals surface area contributed by atoms with Crippen molar-refractivity contribution in [1.29, 1.82) is 0 Å². The molecule has 0 N–H and O–H groups in total. The first kappa shape index (κ1) is 10.6. The molecule has 0 aromatic heterocycles. The van der Waals surface area contributed by atoms with Crippen molar-refractivity contribution in [1.82, 2.24) is 0 Å². The highest BCUT2D eigenvalue weighted by Crippen LogP contribution is 2.32. The summed E-state index contributed by atoms with van der Waals surface area (Å²) in [6, 6.07) is 9.96. The smallest absolute Gasteiger partial charge is 0.111 e. The molecule has 0 bridgehead atoms. The zero-order valence-corrected chi connectivity index (χ0v) is 10.2. The summed E-state index contributed by atoms with van der Waals surface area (Å²) in [4.78, 5) is 4.56. The SMILES string of the molecule is CC1(C)N=C(c2ccccc2)SC1=S=O. The van der Waals surface area contributed by atoms with Crippen molar-refractivity contribution in [2.24, 2.45) is 4.99 Å². The second-order valence-electron chi connectivity index (χ2n) is 3.81. The molecule has 1 aromatic carbocycles. The molecule has 0 amide bonds. The number of hydrogen-bond donors (Lipinski definition) is 0. The van der Waals surface area contributed by atoms with E-state index in [9.17, 15) is 4.21 Å². The van der Waals surface area contributed by atoms with Crippen LogP contribution in [0.3, 0.4) is 0 Å². The molecule has 78 valence electrons. The van der Waals surface area contributed by atoms with Gasteiger partial charge in [-0.15, -0.1) is 0 Å². The van der Waals surface area contributed by atoms with Gasteiger partial charge in [0.2, 0.25) is 0 Å². The third-order valence-corrected chi connectivity index (χ3v) is 4.48. The average Bonchev–Trinajstić information content (AvgIpc) is 2.55. The van der Waals surface area contributed by atoms with E-state index in [4.69, 9.17) is 0 Å². The Bertz CT molecular complexity index is 459. The number of rotatable bonds is 1. The minimum absolute atomic E-state index is 0.345. The Balaban J connectivity index is 2.40. The zero-order valence-electron chi connectivity index (χ0n) is 8.56. The van der Waals surface area contributed by atoms with Crippen molar-refractivity contribution in [3.05, 3.63) is 35.9 Å². The van der Waals surface area contributed by atoms with Crippen LogP contribution in [-0.4, -0.2) is 19.0 Å². The molecule has 2 nitrogen and oxygen atoms in total. The van der Waals surface area contributed by atoms with Crippen molar-refractivity contribution in [3.8, 4) is 0 Å². The summed E-state index contributed by atoms with van der Waals surface area (Å²) in [6.07, 6.45) is 0. The van der Waals surface area contributed by atoms with Crippen molar-refractivity contribution in [2.45, 2.75) is 19.4 Å². The lowest BCUT2D eigenvalue weighted by molar-refractivity contribution is 0.697. The fraction of sp³-hybridized carbons (Fsp3) is 0.273. The maximum absolute atomic E-state index is 10.9. The van der Waals surface area contributed by atoms with E-state index in [2.05, 4.69) is 4.99 Å². The first-order valence-corrected chi connectivity index (χ1v) is 6.20. The number of thioether (sulfide) groups is 1. The summed E-state index contributed by atoms with van der Waals surface area (Å²) in [7, 11) is 0. The molecule has 0 saturated heterocycles. The van der Waals surface area contributed by atoms with Crippen molar-refractivity contribution >= 4 is 32.3 Å². The summed E-state index contributed by atoms with van der Waals surface area (Å²) < 4.78 is 11.7. The molecule has 0 aliphatic carbocycles. The topological polar surface area (TPSA) is 29.4 Å². The molecule has 1 aliphatic rings. The normalized spacial score (nSPS) is 18.8. The van der Waals surface area contributed by atoms with Crippen LogP contribution in [0.4, 0.5) is 0 Å². The van der Waals surface area contributed by atoms with E-state index >= 15 is 0 Å². The molecule has 1 aromatic rings. The summed E-state index contributed by atoms with van der Waals surface area (Å²) in [6.45, 7) is 3.94. The molecule has 2 rings (SSSR count). The van der Waals surface area contributed by atoms with Crippen LogP contribution in [0.1, 0.15) is 19.4 Å². The van der Waals surface area contributed by atoms with Gasteiger partial charge in [0.25, 0.3) is 0 Å². The van der Waals surface area contributed by atoms with E-state index < -0.39 is 0 Å². The van der Waals surface area contributed by atoms with Crippen LogP contribution in [0.5, 0.6) is 0 Å². The highest BCUT2D eigenvalue weighted by Gasteiger charge is 2.33. The van der Waals surface area contributed by atoms with Gasteiger partial charge in [-0.25, -0.2) is 4.21 Å². The molecule has 0 radical (unpaired) electrons. The molecule has 0 spiro atoms. The number of nitrogens with zero attached hydrogens (tertiary/aromatic N) is 1. The predicted octanol–water partition coefficient (Wildman–Crippen LogP) is 2.30. The van der Waals surface area contributed by atoms with E-state index in [1.165, 1.54) is 11.8 Å². The van der Waals surface area contributed by atoms with Gasteiger partial charge >= 0.3 is 0 Å². The summed E-state index contributed by atoms with van der Waals surface area (Å²) >= 11 is 2.04. The molecule has 0 saturated carbocycles. The predicted molar refractivity (Wildman–Crippen MR) is 67.8 cm³/mol. The van der Waals surface area contributed by atoms with Crippen LogP contribution in [0.15, 0.2) is 35.3 Å².